The molecule has 1 nitrogen and oxygen atoms in total. The van der Waals surface area contributed by atoms with Crippen molar-refractivity contribution < 1.29 is 0 Å². The van der Waals surface area contributed by atoms with Crippen LogP contribution in [0.5, 0.6) is 0 Å². The third kappa shape index (κ3) is 5.27. The smallest absolute Gasteiger partial charge is 0.0854 e. The molecule has 8 atom stereocenters. The number of hydrogen-bond acceptors (Lipinski definition) is 1. The van der Waals surface area contributed by atoms with E-state index < -0.39 is 7.41 Å². The van der Waals surface area contributed by atoms with E-state index in [0.29, 0.717) is 16.2 Å². The second-order valence-corrected chi connectivity index (χ2v) is 22.8. The predicted molar refractivity (Wildman–Crippen MR) is 168 cm³/mol. The van der Waals surface area contributed by atoms with Crippen LogP contribution in [0.25, 0.3) is 0 Å². The molecule has 0 heterocycles. The second kappa shape index (κ2) is 9.74. The van der Waals surface area contributed by atoms with Crippen LogP contribution in [0.15, 0.2) is 0 Å². The van der Waals surface area contributed by atoms with E-state index in [1.165, 1.54) is 51.4 Å². The molecule has 0 aromatic heterocycles. The molecule has 0 amide bonds. The van der Waals surface area contributed by atoms with Crippen molar-refractivity contribution >= 4 is 7.41 Å². The molecule has 4 aliphatic rings. The number of nitrogens with zero attached hydrogens (tertiary/aromatic N) is 1. The second-order valence-electron chi connectivity index (χ2n) is 18.4. The summed E-state index contributed by atoms with van der Waals surface area (Å²) in [6, 6.07) is 0. The van der Waals surface area contributed by atoms with E-state index in [4.69, 9.17) is 0 Å². The summed E-state index contributed by atoms with van der Waals surface area (Å²) in [5, 5.41) is 0. The van der Waals surface area contributed by atoms with Gasteiger partial charge in [0.05, 0.1) is 31.9 Å². The first-order chi connectivity index (χ1) is 16.7. The van der Waals surface area contributed by atoms with Crippen molar-refractivity contribution in [3.8, 4) is 0 Å². The van der Waals surface area contributed by atoms with Gasteiger partial charge in [0.25, 0.3) is 0 Å². The van der Waals surface area contributed by atoms with Gasteiger partial charge in [-0.15, -0.1) is 0 Å². The molecule has 4 saturated carbocycles. The minimum Gasteiger partial charge on any atom is -0.178 e. The summed E-state index contributed by atoms with van der Waals surface area (Å²) < 4.78 is 3.02. The van der Waals surface area contributed by atoms with Gasteiger partial charge in [-0.05, 0) is 130 Å². The van der Waals surface area contributed by atoms with Crippen molar-refractivity contribution in [1.82, 2.24) is 4.67 Å². The Morgan fingerprint density at radius 3 is 1.84 bits per heavy atom. The van der Waals surface area contributed by atoms with Crippen LogP contribution < -0.4 is 0 Å². The fraction of sp³-hybridized carbons (Fsp3) is 1.00. The maximum atomic E-state index is 3.02. The summed E-state index contributed by atoms with van der Waals surface area (Å²) >= 11 is 0. The minimum atomic E-state index is -1.27. The Hall–Kier alpha value is 0.390. The van der Waals surface area contributed by atoms with Crippen LogP contribution in [0.2, 0.25) is 0 Å². The van der Waals surface area contributed by atoms with Gasteiger partial charge < -0.3 is 0 Å². The SMILES string of the molecule is CC1CC2CC(CC(C)(C(C)(C)C)C2)C1C(C)(C)N(C)[P+](C)(C)C(C)C1C2CCC1CC(C(C)(C)C)C2. The van der Waals surface area contributed by atoms with Gasteiger partial charge in [-0.2, -0.15) is 4.67 Å². The van der Waals surface area contributed by atoms with Crippen LogP contribution in [0.1, 0.15) is 128 Å². The van der Waals surface area contributed by atoms with Crippen molar-refractivity contribution in [3.63, 3.8) is 0 Å². The molecule has 8 unspecified atom stereocenters. The van der Waals surface area contributed by atoms with Crippen LogP contribution in [0, 0.1) is 63.6 Å². The first-order valence-corrected chi connectivity index (χ1v) is 19.0. The fourth-order valence-electron chi connectivity index (χ4n) is 11.0. The van der Waals surface area contributed by atoms with E-state index in [9.17, 15) is 0 Å². The lowest BCUT2D eigenvalue weighted by Gasteiger charge is -2.60. The van der Waals surface area contributed by atoms with E-state index in [2.05, 4.69) is 101 Å². The molecule has 0 spiro atoms. The topological polar surface area (TPSA) is 3.24 Å². The Morgan fingerprint density at radius 2 is 1.35 bits per heavy atom. The molecule has 4 bridgehead atoms. The first kappa shape index (κ1) is 30.4. The van der Waals surface area contributed by atoms with E-state index in [-0.39, 0.29) is 5.54 Å². The molecule has 4 aliphatic carbocycles. The zero-order chi connectivity index (χ0) is 27.9. The summed E-state index contributed by atoms with van der Waals surface area (Å²) in [7, 11) is 1.30. The third-order valence-corrected chi connectivity index (χ3v) is 18.5. The lowest BCUT2D eigenvalue weighted by molar-refractivity contribution is -0.0832. The molecule has 37 heavy (non-hydrogen) atoms. The Balaban J connectivity index is 1.56. The summed E-state index contributed by atoms with van der Waals surface area (Å²) in [5.41, 5.74) is 2.48. The lowest BCUT2D eigenvalue weighted by Crippen LogP contribution is -2.57. The van der Waals surface area contributed by atoms with Crippen LogP contribution >= 0.6 is 7.41 Å². The molecule has 0 aromatic carbocycles. The van der Waals surface area contributed by atoms with Crippen LogP contribution in [0.4, 0.5) is 0 Å². The minimum absolute atomic E-state index is 0.262. The van der Waals surface area contributed by atoms with Crippen molar-refractivity contribution in [3.05, 3.63) is 0 Å². The Labute approximate surface area is 234 Å². The monoisotopic (exact) mass is 533 g/mol. The van der Waals surface area contributed by atoms with E-state index in [1.54, 1.807) is 0 Å². The fourth-order valence-corrected chi connectivity index (χ4v) is 14.4. The number of fused-ring (bicyclic) bond motifs is 4. The van der Waals surface area contributed by atoms with Crippen LogP contribution in [-0.4, -0.2) is 36.2 Å². The van der Waals surface area contributed by atoms with Crippen molar-refractivity contribution in [1.29, 1.82) is 0 Å². The van der Waals surface area contributed by atoms with Gasteiger partial charge in [0.15, 0.2) is 0 Å². The zero-order valence-corrected chi connectivity index (χ0v) is 28.6. The molecular weight excluding hydrogens is 465 g/mol. The van der Waals surface area contributed by atoms with Crippen molar-refractivity contribution in [2.45, 2.75) is 139 Å². The molecule has 0 saturated heterocycles. The van der Waals surface area contributed by atoms with Crippen LogP contribution in [0.3, 0.4) is 0 Å². The average molecular weight is 533 g/mol. The summed E-state index contributed by atoms with van der Waals surface area (Å²) in [6.45, 7) is 33.8. The van der Waals surface area contributed by atoms with Crippen LogP contribution in [-0.2, 0) is 0 Å². The molecule has 0 radical (unpaired) electrons. The Kier molecular flexibility index (Phi) is 7.99. The van der Waals surface area contributed by atoms with E-state index in [1.807, 2.05) is 0 Å². The molecule has 0 aliphatic heterocycles. The molecule has 4 rings (SSSR count). The normalized spacial score (nSPS) is 42.2. The highest BCUT2D eigenvalue weighted by Gasteiger charge is 2.59. The molecule has 4 fully saturated rings. The molecular formula is C35H67NP+. The number of hydrogen-bond donors (Lipinski definition) is 0. The maximum absolute atomic E-state index is 3.02. The summed E-state index contributed by atoms with van der Waals surface area (Å²) in [6.07, 6.45) is 11.9. The van der Waals surface area contributed by atoms with Gasteiger partial charge in [0.1, 0.15) is 0 Å². The highest BCUT2D eigenvalue weighted by Crippen LogP contribution is 2.70. The molecule has 0 N–H and O–H groups in total. The molecule has 216 valence electrons. The van der Waals surface area contributed by atoms with E-state index >= 15 is 0 Å². The summed E-state index contributed by atoms with van der Waals surface area (Å²) in [5.74, 6) is 7.36. The van der Waals surface area contributed by atoms with Gasteiger partial charge in [-0.25, -0.2) is 0 Å². The standard InChI is InChI=1S/C35H67NP/c1-23-17-25-18-28(22-35(11,21-25)33(6,7)8)31(23)34(9,10)36(12)37(13,14)24(2)30-26-15-16-27(30)20-29(19-26)32(3,4)5/h23-31H,15-22H2,1-14H3/q+1. The van der Waals surface area contributed by atoms with Gasteiger partial charge >= 0.3 is 0 Å². The lowest BCUT2D eigenvalue weighted by atomic mass is 9.48. The van der Waals surface area contributed by atoms with E-state index in [0.717, 1.165) is 53.0 Å². The van der Waals surface area contributed by atoms with Crippen molar-refractivity contribution in [2.75, 3.05) is 20.4 Å². The average Bonchev–Trinajstić information content (AvgIpc) is 2.98. The van der Waals surface area contributed by atoms with Gasteiger partial charge in [0, 0.05) is 13.0 Å². The summed E-state index contributed by atoms with van der Waals surface area (Å²) in [4.78, 5) is 0. The maximum Gasteiger partial charge on any atom is 0.0854 e. The predicted octanol–water partition coefficient (Wildman–Crippen LogP) is 10.5. The van der Waals surface area contributed by atoms with Crippen molar-refractivity contribution in [2.24, 2.45) is 63.6 Å². The third-order valence-electron chi connectivity index (χ3n) is 14.1. The Morgan fingerprint density at radius 1 is 0.811 bits per heavy atom. The highest BCUT2D eigenvalue weighted by molar-refractivity contribution is 7.72. The van der Waals surface area contributed by atoms with Gasteiger partial charge in [-0.3, -0.25) is 0 Å². The largest absolute Gasteiger partial charge is 0.178 e. The quantitative estimate of drug-likeness (QED) is 0.318. The number of rotatable bonds is 5. The highest BCUT2D eigenvalue weighted by atomic mass is 31.2. The van der Waals surface area contributed by atoms with Gasteiger partial charge in [0.2, 0.25) is 0 Å². The molecule has 2 heteroatoms. The molecule has 0 aromatic rings. The first-order valence-electron chi connectivity index (χ1n) is 16.3. The Bertz CT molecular complexity index is 798. The zero-order valence-electron chi connectivity index (χ0n) is 27.7. The van der Waals surface area contributed by atoms with Gasteiger partial charge in [-0.1, -0.05) is 55.4 Å².